The molecule has 5 nitrogen and oxygen atoms in total. The Balaban J connectivity index is 2.00. The van der Waals surface area contributed by atoms with Crippen molar-refractivity contribution in [3.8, 4) is 0 Å². The van der Waals surface area contributed by atoms with E-state index in [2.05, 4.69) is 30.5 Å². The number of rotatable bonds is 6. The molecule has 0 amide bonds. The van der Waals surface area contributed by atoms with Gasteiger partial charge in [-0.05, 0) is 47.6 Å². The van der Waals surface area contributed by atoms with Crippen molar-refractivity contribution in [1.82, 2.24) is 4.98 Å². The van der Waals surface area contributed by atoms with Crippen LogP contribution in [0.5, 0.6) is 0 Å². The summed E-state index contributed by atoms with van der Waals surface area (Å²) < 4.78 is 28.5. The zero-order chi connectivity index (χ0) is 22.8. The van der Waals surface area contributed by atoms with Crippen LogP contribution in [0.1, 0.15) is 42.4 Å². The average molecular weight is 475 g/mol. The highest BCUT2D eigenvalue weighted by atomic mass is 35.5. The normalized spacial score (nSPS) is 11.9. The number of hydrogen-bond acceptors (Lipinski definition) is 5. The van der Waals surface area contributed by atoms with Crippen LogP contribution in [-0.2, 0) is 15.4 Å². The quantitative estimate of drug-likeness (QED) is 0.361. The molecule has 0 radical (unpaired) electrons. The Morgan fingerprint density at radius 1 is 1.06 bits per heavy atom. The topological polar surface area (TPSA) is 76.1 Å². The van der Waals surface area contributed by atoms with Crippen molar-refractivity contribution in [2.45, 2.75) is 36.0 Å². The van der Waals surface area contributed by atoms with Gasteiger partial charge in [0, 0.05) is 16.7 Å². The number of ketones is 1. The van der Waals surface area contributed by atoms with E-state index in [-0.39, 0.29) is 32.5 Å². The monoisotopic (exact) mass is 474 g/mol. The van der Waals surface area contributed by atoms with Gasteiger partial charge < -0.3 is 0 Å². The minimum absolute atomic E-state index is 0.0132. The third-order valence-electron chi connectivity index (χ3n) is 4.70. The summed E-state index contributed by atoms with van der Waals surface area (Å²) >= 11 is 7.49. The van der Waals surface area contributed by atoms with Crippen molar-refractivity contribution in [3.05, 3.63) is 82.6 Å². The third kappa shape index (κ3) is 5.29. The number of nitrogens with zero attached hydrogens (tertiary/aromatic N) is 1. The van der Waals surface area contributed by atoms with Gasteiger partial charge in [-0.2, -0.15) is 0 Å². The van der Waals surface area contributed by atoms with Crippen molar-refractivity contribution in [2.24, 2.45) is 0 Å². The van der Waals surface area contributed by atoms with Gasteiger partial charge in [0.1, 0.15) is 5.69 Å². The second-order valence-electron chi connectivity index (χ2n) is 7.96. The molecule has 3 aromatic rings. The first kappa shape index (κ1) is 23.3. The molecule has 0 aliphatic carbocycles. The SMILES string of the molecule is CSc1ccccc1C(=O)c1ncc(Cl)cc1NS(=O)(=O)c1ccc(C(C)(C)C)cc1. The molecule has 0 aliphatic heterocycles. The minimum atomic E-state index is -3.95. The van der Waals surface area contributed by atoms with E-state index in [1.807, 2.05) is 18.4 Å². The summed E-state index contributed by atoms with van der Waals surface area (Å²) in [5.74, 6) is -0.387. The van der Waals surface area contributed by atoms with E-state index in [0.717, 1.165) is 10.5 Å². The van der Waals surface area contributed by atoms with Gasteiger partial charge >= 0.3 is 0 Å². The van der Waals surface area contributed by atoms with Crippen LogP contribution in [0.3, 0.4) is 0 Å². The van der Waals surface area contributed by atoms with Crippen molar-refractivity contribution >= 4 is 44.9 Å². The summed E-state index contributed by atoms with van der Waals surface area (Å²) in [6.07, 6.45) is 3.19. The molecule has 0 bridgehead atoms. The zero-order valence-corrected chi connectivity index (χ0v) is 20.0. The number of carbonyl (C=O) groups is 1. The predicted octanol–water partition coefficient (Wildman–Crippen LogP) is 5.79. The van der Waals surface area contributed by atoms with Gasteiger partial charge in [0.05, 0.1) is 15.6 Å². The molecule has 0 saturated heterocycles. The van der Waals surface area contributed by atoms with Gasteiger partial charge in [-0.25, -0.2) is 13.4 Å². The number of aromatic nitrogens is 1. The lowest BCUT2D eigenvalue weighted by Crippen LogP contribution is -2.18. The summed E-state index contributed by atoms with van der Waals surface area (Å²) in [7, 11) is -3.95. The van der Waals surface area contributed by atoms with Crippen LogP contribution in [0.2, 0.25) is 5.02 Å². The number of pyridine rings is 1. The number of halogens is 1. The maximum absolute atomic E-state index is 13.2. The number of hydrogen-bond donors (Lipinski definition) is 1. The lowest BCUT2D eigenvalue weighted by molar-refractivity contribution is 0.103. The highest BCUT2D eigenvalue weighted by Crippen LogP contribution is 2.29. The van der Waals surface area contributed by atoms with Crippen molar-refractivity contribution < 1.29 is 13.2 Å². The van der Waals surface area contributed by atoms with Crippen LogP contribution in [-0.4, -0.2) is 25.4 Å². The fourth-order valence-corrected chi connectivity index (χ4v) is 4.81. The van der Waals surface area contributed by atoms with Gasteiger partial charge in [-0.3, -0.25) is 9.52 Å². The summed E-state index contributed by atoms with van der Waals surface area (Å²) in [6.45, 7) is 6.16. The van der Waals surface area contributed by atoms with E-state index in [1.165, 1.54) is 24.0 Å². The number of benzene rings is 2. The fraction of sp³-hybridized carbons (Fsp3) is 0.217. The van der Waals surface area contributed by atoms with E-state index in [1.54, 1.807) is 36.4 Å². The zero-order valence-electron chi connectivity index (χ0n) is 17.6. The Hall–Kier alpha value is -2.35. The smallest absolute Gasteiger partial charge is 0.261 e. The molecular formula is C23H23ClN2O3S2. The standard InChI is InChI=1S/C23H23ClN2O3S2/c1-23(2,3)15-9-11-17(12-10-15)31(28,29)26-19-13-16(24)14-25-21(19)22(27)18-7-5-6-8-20(18)30-4/h5-14,26H,1-4H3. The van der Waals surface area contributed by atoms with Gasteiger partial charge in [-0.1, -0.05) is 56.6 Å². The summed E-state index contributed by atoms with van der Waals surface area (Å²) in [5, 5.41) is 0.218. The van der Waals surface area contributed by atoms with Crippen molar-refractivity contribution in [2.75, 3.05) is 11.0 Å². The molecule has 2 aromatic carbocycles. The molecule has 0 saturated carbocycles. The molecule has 1 N–H and O–H groups in total. The first-order valence-corrected chi connectivity index (χ1v) is 12.6. The van der Waals surface area contributed by atoms with E-state index in [0.29, 0.717) is 5.56 Å². The first-order chi connectivity index (χ1) is 14.5. The lowest BCUT2D eigenvalue weighted by Gasteiger charge is -2.19. The molecule has 0 fully saturated rings. The second-order valence-corrected chi connectivity index (χ2v) is 10.9. The maximum atomic E-state index is 13.2. The van der Waals surface area contributed by atoms with Crippen LogP contribution in [0.25, 0.3) is 0 Å². The molecule has 8 heteroatoms. The first-order valence-electron chi connectivity index (χ1n) is 9.49. The maximum Gasteiger partial charge on any atom is 0.261 e. The van der Waals surface area contributed by atoms with Gasteiger partial charge in [0.25, 0.3) is 10.0 Å². The minimum Gasteiger partial charge on any atom is -0.287 e. The van der Waals surface area contributed by atoms with Crippen LogP contribution in [0, 0.1) is 0 Å². The second kappa shape index (κ2) is 9.02. The van der Waals surface area contributed by atoms with Gasteiger partial charge in [-0.15, -0.1) is 11.8 Å². The van der Waals surface area contributed by atoms with Crippen molar-refractivity contribution in [1.29, 1.82) is 0 Å². The van der Waals surface area contributed by atoms with E-state index < -0.39 is 10.0 Å². The van der Waals surface area contributed by atoms with Crippen LogP contribution >= 0.6 is 23.4 Å². The number of thioether (sulfide) groups is 1. The van der Waals surface area contributed by atoms with Crippen molar-refractivity contribution in [3.63, 3.8) is 0 Å². The Kier molecular flexibility index (Phi) is 6.79. The summed E-state index contributed by atoms with van der Waals surface area (Å²) in [4.78, 5) is 18.2. The average Bonchev–Trinajstić information content (AvgIpc) is 2.72. The summed E-state index contributed by atoms with van der Waals surface area (Å²) in [6, 6.07) is 15.2. The largest absolute Gasteiger partial charge is 0.287 e. The molecule has 1 aromatic heterocycles. The van der Waals surface area contributed by atoms with Gasteiger partial charge in [0.15, 0.2) is 0 Å². The van der Waals surface area contributed by atoms with Gasteiger partial charge in [0.2, 0.25) is 5.78 Å². The van der Waals surface area contributed by atoms with E-state index in [4.69, 9.17) is 11.6 Å². The molecular weight excluding hydrogens is 452 g/mol. The number of carbonyl (C=O) groups excluding carboxylic acids is 1. The Labute approximate surface area is 192 Å². The number of nitrogens with one attached hydrogen (secondary N) is 1. The Morgan fingerprint density at radius 3 is 2.32 bits per heavy atom. The highest BCUT2D eigenvalue weighted by molar-refractivity contribution is 7.98. The molecule has 0 unspecified atom stereocenters. The highest BCUT2D eigenvalue weighted by Gasteiger charge is 2.23. The van der Waals surface area contributed by atoms with Crippen LogP contribution < -0.4 is 4.72 Å². The Morgan fingerprint density at radius 2 is 1.71 bits per heavy atom. The number of anilines is 1. The molecule has 0 aliphatic rings. The predicted molar refractivity (Wildman–Crippen MR) is 127 cm³/mol. The molecule has 31 heavy (non-hydrogen) atoms. The summed E-state index contributed by atoms with van der Waals surface area (Å²) in [5.41, 5.74) is 1.38. The molecule has 1 heterocycles. The van der Waals surface area contributed by atoms with Crippen LogP contribution in [0.4, 0.5) is 5.69 Å². The lowest BCUT2D eigenvalue weighted by atomic mass is 9.87. The number of sulfonamides is 1. The van der Waals surface area contributed by atoms with Crippen LogP contribution in [0.15, 0.2) is 70.6 Å². The molecule has 3 rings (SSSR count). The molecule has 0 spiro atoms. The molecule has 162 valence electrons. The Bertz CT molecular complexity index is 1220. The van der Waals surface area contributed by atoms with E-state index in [9.17, 15) is 13.2 Å². The fourth-order valence-electron chi connectivity index (χ4n) is 3.00. The van der Waals surface area contributed by atoms with E-state index >= 15 is 0 Å². The molecule has 0 atom stereocenters. The third-order valence-corrected chi connectivity index (χ3v) is 7.08.